The molecule has 0 amide bonds. The molecule has 1 aliphatic heterocycles. The lowest BCUT2D eigenvalue weighted by Crippen LogP contribution is -2.16. The predicted molar refractivity (Wildman–Crippen MR) is 208 cm³/mol. The van der Waals surface area contributed by atoms with Gasteiger partial charge in [0.2, 0.25) is 6.79 Å². The Labute approximate surface area is 298 Å². The van der Waals surface area contributed by atoms with Crippen molar-refractivity contribution in [2.45, 2.75) is 85.5 Å². The van der Waals surface area contributed by atoms with E-state index >= 15 is 0 Å². The van der Waals surface area contributed by atoms with E-state index in [0.717, 1.165) is 51.2 Å². The fourth-order valence-electron chi connectivity index (χ4n) is 6.28. The van der Waals surface area contributed by atoms with E-state index in [1.165, 1.54) is 16.7 Å². The number of hydrogen-bond donors (Lipinski definition) is 0. The Kier molecular flexibility index (Phi) is 9.00. The maximum Gasteiger partial charge on any atom is 0.231 e. The molecule has 5 aromatic rings. The molecule has 1 aliphatic rings. The molecule has 0 bridgehead atoms. The zero-order valence-electron chi connectivity index (χ0n) is 30.6. The first-order valence-corrected chi connectivity index (χ1v) is 17.5. The summed E-state index contributed by atoms with van der Waals surface area (Å²) in [5, 5.41) is 0.681. The third-order valence-corrected chi connectivity index (χ3v) is 9.52. The topological polar surface area (TPSA) is 24.9 Å². The molecule has 6 rings (SSSR count). The molecule has 0 spiro atoms. The summed E-state index contributed by atoms with van der Waals surface area (Å²) in [6, 6.07) is 37.1. The summed E-state index contributed by atoms with van der Waals surface area (Å²) in [5.41, 5.74) is 11.0. The van der Waals surface area contributed by atoms with E-state index in [9.17, 15) is 0 Å². The number of fused-ring (bicyclic) bond motifs is 1. The van der Waals surface area contributed by atoms with Crippen LogP contribution in [0.15, 0.2) is 103 Å². The first kappa shape index (κ1) is 34.5. The summed E-state index contributed by atoms with van der Waals surface area (Å²) in [6.45, 7) is 22.5. The minimum absolute atomic E-state index is 0.0339. The van der Waals surface area contributed by atoms with Crippen LogP contribution in [-0.2, 0) is 16.2 Å². The van der Waals surface area contributed by atoms with Crippen molar-refractivity contribution in [2.75, 3.05) is 16.6 Å². The number of hydrogen-bond acceptors (Lipinski definition) is 4. The van der Waals surface area contributed by atoms with Crippen LogP contribution in [0.3, 0.4) is 0 Å². The number of rotatable bonds is 6. The number of ether oxygens (including phenoxy) is 2. The number of halogens is 1. The zero-order valence-corrected chi connectivity index (χ0v) is 31.4. The molecule has 0 saturated carbocycles. The molecule has 4 nitrogen and oxygen atoms in total. The Morgan fingerprint density at radius 2 is 0.939 bits per heavy atom. The molecule has 5 aromatic carbocycles. The smallest absolute Gasteiger partial charge is 0.231 e. The summed E-state index contributed by atoms with van der Waals surface area (Å²) < 4.78 is 11.5. The molecular weight excluding hydrogens is 624 g/mol. The van der Waals surface area contributed by atoms with E-state index in [2.05, 4.69) is 170 Å². The van der Waals surface area contributed by atoms with Gasteiger partial charge in [-0.2, -0.15) is 0 Å². The molecule has 5 heteroatoms. The zero-order chi connectivity index (χ0) is 35.3. The van der Waals surface area contributed by atoms with Crippen LogP contribution in [0.2, 0.25) is 5.02 Å². The molecule has 254 valence electrons. The van der Waals surface area contributed by atoms with Gasteiger partial charge in [-0.1, -0.05) is 104 Å². The fraction of sp³-hybridized carbons (Fsp3) is 0.318. The monoisotopic (exact) mass is 672 g/mol. The van der Waals surface area contributed by atoms with Crippen LogP contribution >= 0.6 is 11.6 Å². The first-order chi connectivity index (χ1) is 23.0. The Bertz CT molecular complexity index is 1900. The lowest BCUT2D eigenvalue weighted by molar-refractivity contribution is 0.174. The highest BCUT2D eigenvalue weighted by molar-refractivity contribution is 6.33. The second kappa shape index (κ2) is 12.8. The van der Waals surface area contributed by atoms with Crippen molar-refractivity contribution in [1.29, 1.82) is 0 Å². The quantitative estimate of drug-likeness (QED) is 0.179. The van der Waals surface area contributed by atoms with Gasteiger partial charge in [-0.3, -0.25) is 0 Å². The molecule has 1 heterocycles. The molecule has 0 atom stereocenters. The second-order valence-corrected chi connectivity index (χ2v) is 16.7. The van der Waals surface area contributed by atoms with Crippen LogP contribution < -0.4 is 19.3 Å². The third-order valence-electron chi connectivity index (χ3n) is 9.22. The highest BCUT2D eigenvalue weighted by Gasteiger charge is 2.25. The lowest BCUT2D eigenvalue weighted by atomic mass is 9.86. The highest BCUT2D eigenvalue weighted by atomic mass is 35.5. The summed E-state index contributed by atoms with van der Waals surface area (Å²) in [4.78, 5) is 4.56. The average molecular weight is 673 g/mol. The summed E-state index contributed by atoms with van der Waals surface area (Å²) in [7, 11) is 0. The highest BCUT2D eigenvalue weighted by Crippen LogP contribution is 2.46. The maximum absolute atomic E-state index is 7.18. The SMILES string of the molecule is Cc1cc(N(c2ccc(C(C)(C)C)cc2)c2ccc(C(C)(C)C)cc2)cc(N(c2ccc3c(c2)OCO3)c2ccc(C(C)(C)C)cc2Cl)c1. The lowest BCUT2D eigenvalue weighted by Gasteiger charge is -2.31. The number of nitrogens with zero attached hydrogens (tertiary/aromatic N) is 2. The number of anilines is 6. The van der Waals surface area contributed by atoms with Crippen LogP contribution in [-0.4, -0.2) is 6.79 Å². The third kappa shape index (κ3) is 7.31. The summed E-state index contributed by atoms with van der Waals surface area (Å²) >= 11 is 7.18. The van der Waals surface area contributed by atoms with Crippen LogP contribution in [0, 0.1) is 6.92 Å². The fourth-order valence-corrected chi connectivity index (χ4v) is 6.54. The minimum Gasteiger partial charge on any atom is -0.454 e. The van der Waals surface area contributed by atoms with E-state index in [1.54, 1.807) is 0 Å². The van der Waals surface area contributed by atoms with E-state index in [4.69, 9.17) is 21.1 Å². The minimum atomic E-state index is -0.0339. The van der Waals surface area contributed by atoms with Crippen molar-refractivity contribution >= 4 is 45.7 Å². The molecule has 0 aromatic heterocycles. The first-order valence-electron chi connectivity index (χ1n) is 17.1. The van der Waals surface area contributed by atoms with Gasteiger partial charge in [0.1, 0.15) is 0 Å². The predicted octanol–water partition coefficient (Wildman–Crippen LogP) is 13.2. The van der Waals surface area contributed by atoms with Gasteiger partial charge in [0.05, 0.1) is 16.4 Å². The van der Waals surface area contributed by atoms with E-state index in [1.807, 2.05) is 12.1 Å². The van der Waals surface area contributed by atoms with Crippen molar-refractivity contribution in [3.8, 4) is 11.5 Å². The molecule has 0 fully saturated rings. The van der Waals surface area contributed by atoms with Crippen LogP contribution in [0.25, 0.3) is 0 Å². The van der Waals surface area contributed by atoms with E-state index in [-0.39, 0.29) is 23.0 Å². The molecular formula is C44H49ClN2O2. The van der Waals surface area contributed by atoms with Gasteiger partial charge >= 0.3 is 0 Å². The van der Waals surface area contributed by atoms with Crippen molar-refractivity contribution in [3.05, 3.63) is 130 Å². The van der Waals surface area contributed by atoms with Crippen molar-refractivity contribution in [2.24, 2.45) is 0 Å². The standard InChI is InChI=1S/C44H49ClN2O2/c1-29-23-36(46(33-16-11-30(12-17-33)42(2,3)4)34-18-13-31(14-19-34)43(5,6)7)26-37(24-29)47(35-20-22-40-41(27-35)49-28-48-40)39-21-15-32(25-38(39)45)44(8,9)10/h11-27H,28H2,1-10H3. The van der Waals surface area contributed by atoms with Gasteiger partial charge < -0.3 is 19.3 Å². The number of aryl methyl sites for hydroxylation is 1. The van der Waals surface area contributed by atoms with E-state index in [0.29, 0.717) is 5.02 Å². The van der Waals surface area contributed by atoms with Gasteiger partial charge in [-0.05, 0) is 112 Å². The average Bonchev–Trinajstić information content (AvgIpc) is 3.49. The Hall–Kier alpha value is -4.41. The molecule has 0 aliphatic carbocycles. The van der Waals surface area contributed by atoms with Gasteiger partial charge in [0.15, 0.2) is 11.5 Å². The Balaban J connectivity index is 1.54. The van der Waals surface area contributed by atoms with Gasteiger partial charge in [0.25, 0.3) is 0 Å². The molecule has 0 radical (unpaired) electrons. The van der Waals surface area contributed by atoms with Gasteiger partial charge in [-0.25, -0.2) is 0 Å². The molecule has 0 N–H and O–H groups in total. The van der Waals surface area contributed by atoms with E-state index < -0.39 is 0 Å². The van der Waals surface area contributed by atoms with Crippen LogP contribution in [0.1, 0.15) is 84.6 Å². The maximum atomic E-state index is 7.18. The molecule has 0 unspecified atom stereocenters. The Morgan fingerprint density at radius 1 is 0.469 bits per heavy atom. The number of benzene rings is 5. The van der Waals surface area contributed by atoms with Crippen LogP contribution in [0.5, 0.6) is 11.5 Å². The normalized spacial score (nSPS) is 13.0. The van der Waals surface area contributed by atoms with Crippen LogP contribution in [0.4, 0.5) is 34.1 Å². The summed E-state index contributed by atoms with van der Waals surface area (Å²) in [6.07, 6.45) is 0. The summed E-state index contributed by atoms with van der Waals surface area (Å²) in [5.74, 6) is 1.46. The molecule has 49 heavy (non-hydrogen) atoms. The van der Waals surface area contributed by atoms with Crippen molar-refractivity contribution in [3.63, 3.8) is 0 Å². The van der Waals surface area contributed by atoms with Crippen molar-refractivity contribution < 1.29 is 9.47 Å². The largest absolute Gasteiger partial charge is 0.454 e. The molecule has 0 saturated heterocycles. The Morgan fingerprint density at radius 3 is 1.45 bits per heavy atom. The van der Waals surface area contributed by atoms with Crippen molar-refractivity contribution in [1.82, 2.24) is 0 Å². The second-order valence-electron chi connectivity index (χ2n) is 16.2. The van der Waals surface area contributed by atoms with Gasteiger partial charge in [0, 0.05) is 28.8 Å². The van der Waals surface area contributed by atoms with Gasteiger partial charge in [-0.15, -0.1) is 0 Å².